The zero-order valence-corrected chi connectivity index (χ0v) is 11.8. The van der Waals surface area contributed by atoms with Crippen molar-refractivity contribution >= 4 is 5.91 Å². The Balaban J connectivity index is 2.23. The molecule has 0 atom stereocenters. The summed E-state index contributed by atoms with van der Waals surface area (Å²) in [6.07, 6.45) is -3.40. The van der Waals surface area contributed by atoms with Crippen LogP contribution in [0.1, 0.15) is 16.1 Å². The Hall–Kier alpha value is -2.39. The van der Waals surface area contributed by atoms with Crippen LogP contribution in [-0.2, 0) is 6.18 Å². The van der Waals surface area contributed by atoms with Gasteiger partial charge >= 0.3 is 6.18 Å². The standard InChI is InChI=1S/C14H14F3N3O3/c15-14(16,17)12-4-5-20(19-12)11-3-1-2-9(6-11)13(23)18-10(7-21)8-22/h1-6,10,21-22H,7-8H2,(H,18,23). The quantitative estimate of drug-likeness (QED) is 0.763. The first-order valence-corrected chi connectivity index (χ1v) is 6.61. The summed E-state index contributed by atoms with van der Waals surface area (Å²) < 4.78 is 38.7. The van der Waals surface area contributed by atoms with Gasteiger partial charge in [0.2, 0.25) is 0 Å². The molecular formula is C14H14F3N3O3. The number of benzene rings is 1. The number of rotatable bonds is 5. The highest BCUT2D eigenvalue weighted by molar-refractivity contribution is 5.94. The third-order valence-corrected chi connectivity index (χ3v) is 3.03. The van der Waals surface area contributed by atoms with Gasteiger partial charge in [-0.25, -0.2) is 4.68 Å². The van der Waals surface area contributed by atoms with Crippen LogP contribution < -0.4 is 5.32 Å². The molecule has 0 saturated carbocycles. The van der Waals surface area contributed by atoms with E-state index in [2.05, 4.69) is 10.4 Å². The Kier molecular flexibility index (Phi) is 5.02. The molecule has 23 heavy (non-hydrogen) atoms. The largest absolute Gasteiger partial charge is 0.435 e. The zero-order chi connectivity index (χ0) is 17.0. The number of carbonyl (C=O) groups excluding carboxylic acids is 1. The minimum atomic E-state index is -4.55. The van der Waals surface area contributed by atoms with Crippen molar-refractivity contribution in [3.63, 3.8) is 0 Å². The van der Waals surface area contributed by atoms with Crippen molar-refractivity contribution in [2.45, 2.75) is 12.2 Å². The molecule has 124 valence electrons. The minimum absolute atomic E-state index is 0.165. The average Bonchev–Trinajstić information content (AvgIpc) is 3.02. The third kappa shape index (κ3) is 4.08. The topological polar surface area (TPSA) is 87.4 Å². The van der Waals surface area contributed by atoms with E-state index in [1.54, 1.807) is 0 Å². The maximum atomic E-state index is 12.6. The zero-order valence-electron chi connectivity index (χ0n) is 11.8. The molecule has 1 aromatic heterocycles. The van der Waals surface area contributed by atoms with Gasteiger partial charge in [-0.3, -0.25) is 4.79 Å². The van der Waals surface area contributed by atoms with E-state index < -0.39 is 37.0 Å². The van der Waals surface area contributed by atoms with E-state index in [9.17, 15) is 18.0 Å². The molecule has 0 fully saturated rings. The molecule has 1 heterocycles. The lowest BCUT2D eigenvalue weighted by Gasteiger charge is -2.13. The second kappa shape index (κ2) is 6.80. The maximum absolute atomic E-state index is 12.6. The molecule has 2 rings (SSSR count). The lowest BCUT2D eigenvalue weighted by molar-refractivity contribution is -0.141. The lowest BCUT2D eigenvalue weighted by Crippen LogP contribution is -2.40. The molecule has 1 amide bonds. The van der Waals surface area contributed by atoms with Gasteiger partial charge in [0.15, 0.2) is 5.69 Å². The molecule has 0 saturated heterocycles. The Morgan fingerprint density at radius 1 is 1.26 bits per heavy atom. The first kappa shape index (κ1) is 17.0. The second-order valence-electron chi connectivity index (χ2n) is 4.73. The number of nitrogens with zero attached hydrogens (tertiary/aromatic N) is 2. The Bertz CT molecular complexity index is 681. The van der Waals surface area contributed by atoms with Crippen LogP contribution in [0.3, 0.4) is 0 Å². The second-order valence-corrected chi connectivity index (χ2v) is 4.73. The maximum Gasteiger partial charge on any atom is 0.435 e. The molecule has 6 nitrogen and oxygen atoms in total. The fourth-order valence-electron chi connectivity index (χ4n) is 1.83. The van der Waals surface area contributed by atoms with E-state index >= 15 is 0 Å². The summed E-state index contributed by atoms with van der Waals surface area (Å²) in [4.78, 5) is 12.0. The summed E-state index contributed by atoms with van der Waals surface area (Å²) in [5.74, 6) is -0.567. The number of carbonyl (C=O) groups is 1. The van der Waals surface area contributed by atoms with Crippen LogP contribution in [0, 0.1) is 0 Å². The van der Waals surface area contributed by atoms with Gasteiger partial charge in [0.1, 0.15) is 0 Å². The average molecular weight is 329 g/mol. The van der Waals surface area contributed by atoms with Crippen molar-refractivity contribution < 1.29 is 28.2 Å². The van der Waals surface area contributed by atoms with Crippen LogP contribution in [-0.4, -0.2) is 45.2 Å². The summed E-state index contributed by atoms with van der Waals surface area (Å²) >= 11 is 0. The van der Waals surface area contributed by atoms with Gasteiger partial charge in [0, 0.05) is 11.8 Å². The van der Waals surface area contributed by atoms with Crippen molar-refractivity contribution in [3.05, 3.63) is 47.8 Å². The van der Waals surface area contributed by atoms with Gasteiger partial charge in [0.25, 0.3) is 5.91 Å². The number of halogens is 3. The number of amides is 1. The summed E-state index contributed by atoms with van der Waals surface area (Å²) in [7, 11) is 0. The van der Waals surface area contributed by atoms with Crippen LogP contribution in [0.4, 0.5) is 13.2 Å². The van der Waals surface area contributed by atoms with Crippen LogP contribution >= 0.6 is 0 Å². The van der Waals surface area contributed by atoms with Crippen LogP contribution in [0.2, 0.25) is 0 Å². The normalized spacial score (nSPS) is 11.7. The van der Waals surface area contributed by atoms with Crippen molar-refractivity contribution in [1.29, 1.82) is 0 Å². The predicted octanol–water partition coefficient (Wildman–Crippen LogP) is 0.974. The number of hydrogen-bond donors (Lipinski definition) is 3. The molecule has 0 radical (unpaired) electrons. The van der Waals surface area contributed by atoms with E-state index in [0.717, 1.165) is 16.9 Å². The van der Waals surface area contributed by atoms with Gasteiger partial charge in [-0.05, 0) is 24.3 Å². The third-order valence-electron chi connectivity index (χ3n) is 3.03. The summed E-state index contributed by atoms with van der Waals surface area (Å²) in [6, 6.07) is 5.83. The monoisotopic (exact) mass is 329 g/mol. The molecule has 0 bridgehead atoms. The molecule has 0 aliphatic rings. The molecule has 2 aromatic rings. The highest BCUT2D eigenvalue weighted by atomic mass is 19.4. The Labute approximate surface area is 129 Å². The van der Waals surface area contributed by atoms with Crippen LogP contribution in [0.5, 0.6) is 0 Å². The molecule has 0 aliphatic carbocycles. The van der Waals surface area contributed by atoms with Crippen molar-refractivity contribution in [2.75, 3.05) is 13.2 Å². The molecular weight excluding hydrogens is 315 g/mol. The van der Waals surface area contributed by atoms with E-state index in [4.69, 9.17) is 10.2 Å². The van der Waals surface area contributed by atoms with Crippen LogP contribution in [0.15, 0.2) is 36.5 Å². The Morgan fingerprint density at radius 2 is 1.96 bits per heavy atom. The minimum Gasteiger partial charge on any atom is -0.394 e. The van der Waals surface area contributed by atoms with E-state index in [-0.39, 0.29) is 11.3 Å². The van der Waals surface area contributed by atoms with Gasteiger partial charge in [-0.1, -0.05) is 6.07 Å². The highest BCUT2D eigenvalue weighted by Gasteiger charge is 2.33. The van der Waals surface area contributed by atoms with E-state index in [1.807, 2.05) is 0 Å². The fraction of sp³-hybridized carbons (Fsp3) is 0.286. The highest BCUT2D eigenvalue weighted by Crippen LogP contribution is 2.27. The lowest BCUT2D eigenvalue weighted by atomic mass is 10.1. The molecule has 0 unspecified atom stereocenters. The number of aliphatic hydroxyl groups excluding tert-OH is 2. The van der Waals surface area contributed by atoms with Crippen molar-refractivity contribution in [1.82, 2.24) is 15.1 Å². The molecule has 0 spiro atoms. The molecule has 0 aliphatic heterocycles. The summed E-state index contributed by atoms with van der Waals surface area (Å²) in [5.41, 5.74) is -0.593. The van der Waals surface area contributed by atoms with E-state index in [0.29, 0.717) is 0 Å². The van der Waals surface area contributed by atoms with Gasteiger partial charge < -0.3 is 15.5 Å². The van der Waals surface area contributed by atoms with Crippen molar-refractivity contribution in [3.8, 4) is 5.69 Å². The fourth-order valence-corrected chi connectivity index (χ4v) is 1.83. The molecule has 9 heteroatoms. The van der Waals surface area contributed by atoms with Crippen molar-refractivity contribution in [2.24, 2.45) is 0 Å². The van der Waals surface area contributed by atoms with Crippen LogP contribution in [0.25, 0.3) is 5.69 Å². The first-order chi connectivity index (χ1) is 10.8. The molecule has 3 N–H and O–H groups in total. The first-order valence-electron chi connectivity index (χ1n) is 6.61. The number of aromatic nitrogens is 2. The summed E-state index contributed by atoms with van der Waals surface area (Å²) in [5, 5.41) is 23.7. The van der Waals surface area contributed by atoms with Gasteiger partial charge in [-0.2, -0.15) is 18.3 Å². The summed E-state index contributed by atoms with van der Waals surface area (Å²) in [6.45, 7) is -0.869. The van der Waals surface area contributed by atoms with Gasteiger partial charge in [-0.15, -0.1) is 0 Å². The predicted molar refractivity (Wildman–Crippen MR) is 74.0 cm³/mol. The molecule has 1 aromatic carbocycles. The number of hydrogen-bond acceptors (Lipinski definition) is 4. The SMILES string of the molecule is O=C(NC(CO)CO)c1cccc(-n2ccc(C(F)(F)F)n2)c1. The number of nitrogens with one attached hydrogen (secondary N) is 1. The number of aliphatic hydroxyl groups is 2. The van der Waals surface area contributed by atoms with Gasteiger partial charge in [0.05, 0.1) is 24.9 Å². The van der Waals surface area contributed by atoms with E-state index in [1.165, 1.54) is 24.3 Å². The smallest absolute Gasteiger partial charge is 0.394 e. The Morgan fingerprint density at radius 3 is 2.52 bits per heavy atom. The number of alkyl halides is 3.